The van der Waals surface area contributed by atoms with Crippen LogP contribution in [0.1, 0.15) is 74.9 Å². The summed E-state index contributed by atoms with van der Waals surface area (Å²) in [6.07, 6.45) is 4.12. The highest BCUT2D eigenvalue weighted by Crippen LogP contribution is 2.58. The number of aromatic nitrogens is 6. The molecule has 3 aliphatic rings. The average Bonchev–Trinajstić information content (AvgIpc) is 1.56. The van der Waals surface area contributed by atoms with Crippen molar-refractivity contribution >= 4 is 106 Å². The molecule has 0 N–H and O–H groups in total. The normalized spacial score (nSPS) is 13.5. The van der Waals surface area contributed by atoms with Crippen LogP contribution in [0.4, 0.5) is 0 Å². The Morgan fingerprint density at radius 2 is 0.561 bits per heavy atom. The maximum atomic E-state index is 15.0. The Morgan fingerprint density at radius 1 is 0.235 bits per heavy atom. The fourth-order valence-electron chi connectivity index (χ4n) is 21.1. The third kappa shape index (κ3) is 13.4. The van der Waals surface area contributed by atoms with Crippen LogP contribution >= 0.6 is 14.3 Å². The van der Waals surface area contributed by atoms with E-state index in [-0.39, 0.29) is 16.2 Å². The molecule has 8 nitrogen and oxygen atoms in total. The smallest absolute Gasteiger partial charge is 0.171 e. The Kier molecular flexibility index (Phi) is 19.7. The highest BCUT2D eigenvalue weighted by molar-refractivity contribution is 7.85. The van der Waals surface area contributed by atoms with Crippen LogP contribution in [-0.2, 0) is 25.4 Å². The lowest BCUT2D eigenvalue weighted by molar-refractivity contribution is 0.591. The van der Waals surface area contributed by atoms with Crippen LogP contribution < -0.4 is 31.8 Å². The summed E-state index contributed by atoms with van der Waals surface area (Å²) in [5.74, 6) is 0. The third-order valence-corrected chi connectivity index (χ3v) is 33.7. The van der Waals surface area contributed by atoms with Crippen molar-refractivity contribution in [2.24, 2.45) is 0 Å². The van der Waals surface area contributed by atoms with Crippen molar-refractivity contribution in [2.75, 3.05) is 0 Å². The Bertz CT molecular complexity index is 7980. The number of para-hydroxylation sites is 3. The Hall–Kier alpha value is -15.4. The van der Waals surface area contributed by atoms with Gasteiger partial charge in [-0.1, -0.05) is 399 Å². The van der Waals surface area contributed by atoms with E-state index in [9.17, 15) is 9.13 Å². The summed E-state index contributed by atoms with van der Waals surface area (Å²) in [5.41, 5.74) is 33.0. The minimum atomic E-state index is -3.07. The molecule has 25 rings (SSSR count). The number of nitrogens with zero attached hydrogens (tertiary/aromatic N) is 6. The molecule has 0 atom stereocenters. The first kappa shape index (κ1) is 81.1. The highest BCUT2D eigenvalue weighted by atomic mass is 31.2. The zero-order valence-electron chi connectivity index (χ0n) is 74.0. The molecule has 22 aromatic rings. The van der Waals surface area contributed by atoms with Crippen LogP contribution in [0, 0.1) is 0 Å². The first-order chi connectivity index (χ1) is 64.5. The summed E-state index contributed by atoms with van der Waals surface area (Å²) in [6.45, 7) is 13.9. The molecule has 0 saturated heterocycles. The molecule has 6 heterocycles. The van der Waals surface area contributed by atoms with Gasteiger partial charge in [-0.15, -0.1) is 0 Å². The second-order valence-electron chi connectivity index (χ2n) is 36.4. The van der Waals surface area contributed by atoms with Crippen molar-refractivity contribution in [1.29, 1.82) is 0 Å². The molecule has 6 aromatic heterocycles. The van der Waals surface area contributed by atoms with Gasteiger partial charge in [0.1, 0.15) is 5.65 Å². The predicted molar refractivity (Wildman–Crippen MR) is 551 cm³/mol. The van der Waals surface area contributed by atoms with Gasteiger partial charge in [0.2, 0.25) is 0 Å². The average molecular weight is 1730 g/mol. The predicted octanol–water partition coefficient (Wildman–Crippen LogP) is 28.3. The van der Waals surface area contributed by atoms with E-state index in [0.29, 0.717) is 0 Å². The molecule has 0 unspecified atom stereocenters. The summed E-state index contributed by atoms with van der Waals surface area (Å²) in [6, 6.07) is 147. The van der Waals surface area contributed by atoms with Crippen molar-refractivity contribution in [2.45, 2.75) is 57.8 Å². The third-order valence-electron chi connectivity index (χ3n) is 27.6. The maximum Gasteiger partial charge on any atom is 0.171 e. The molecule has 16 aromatic carbocycles. The molecule has 0 radical (unpaired) electrons. The van der Waals surface area contributed by atoms with E-state index in [1.165, 1.54) is 94.2 Å². The lowest BCUT2D eigenvalue weighted by Crippen LogP contribution is -2.24. The number of hydrogen-bond donors (Lipinski definition) is 0. The fourth-order valence-corrected chi connectivity index (χ4v) is 26.5. The van der Waals surface area contributed by atoms with Crippen LogP contribution in [-0.4, -0.2) is 29.3 Å². The van der Waals surface area contributed by atoms with Gasteiger partial charge in [0.25, 0.3) is 0 Å². The molecule has 10 heteroatoms. The van der Waals surface area contributed by atoms with Gasteiger partial charge in [-0.05, 0) is 155 Å². The van der Waals surface area contributed by atoms with Crippen molar-refractivity contribution < 1.29 is 9.13 Å². The van der Waals surface area contributed by atoms with E-state index in [2.05, 4.69) is 313 Å². The Labute approximate surface area is 768 Å². The van der Waals surface area contributed by atoms with Crippen LogP contribution in [0.3, 0.4) is 0 Å². The molecule has 0 bridgehead atoms. The first-order valence-corrected chi connectivity index (χ1v) is 48.6. The summed E-state index contributed by atoms with van der Waals surface area (Å²) < 4.78 is 31.9. The van der Waals surface area contributed by atoms with Crippen molar-refractivity contribution in [3.05, 3.63) is 470 Å². The van der Waals surface area contributed by atoms with Gasteiger partial charge < -0.3 is 13.5 Å². The summed E-state index contributed by atoms with van der Waals surface area (Å²) in [7, 11) is -6.11. The molecule has 0 aliphatic heterocycles. The van der Waals surface area contributed by atoms with E-state index in [4.69, 9.17) is 24.9 Å². The fraction of sp³-hybridized carbons (Fsp3) is 0.0738. The molecule has 0 amide bonds. The van der Waals surface area contributed by atoms with E-state index in [0.717, 1.165) is 132 Å². The molecule has 630 valence electrons. The van der Waals surface area contributed by atoms with E-state index in [1.807, 2.05) is 170 Å². The molecule has 3 aliphatic carbocycles. The molecule has 0 fully saturated rings. The second kappa shape index (κ2) is 32.0. The van der Waals surface area contributed by atoms with Gasteiger partial charge in [0.15, 0.2) is 14.3 Å². The second-order valence-corrected chi connectivity index (χ2v) is 41.9. The number of imidazole rings is 1. The minimum absolute atomic E-state index is 0.126. The number of pyridine rings is 5. The van der Waals surface area contributed by atoms with E-state index < -0.39 is 14.3 Å². The zero-order chi connectivity index (χ0) is 89.2. The summed E-state index contributed by atoms with van der Waals surface area (Å²) >= 11 is 0. The molecule has 0 spiro atoms. The monoisotopic (exact) mass is 1730 g/mol. The highest BCUT2D eigenvalue weighted by Gasteiger charge is 2.43. The number of benzene rings is 16. The zero-order valence-corrected chi connectivity index (χ0v) is 75.8. The molecule has 0 saturated carbocycles. The van der Waals surface area contributed by atoms with Crippen LogP contribution in [0.15, 0.2) is 437 Å². The van der Waals surface area contributed by atoms with Gasteiger partial charge in [0, 0.05) is 110 Å². The lowest BCUT2D eigenvalue weighted by Gasteiger charge is -2.25. The lowest BCUT2D eigenvalue weighted by atomic mass is 9.78. The van der Waals surface area contributed by atoms with Gasteiger partial charge in [-0.25, -0.2) is 24.9 Å². The van der Waals surface area contributed by atoms with E-state index >= 15 is 0 Å². The van der Waals surface area contributed by atoms with Crippen molar-refractivity contribution in [1.82, 2.24) is 29.3 Å². The van der Waals surface area contributed by atoms with Gasteiger partial charge in [-0.3, -0.25) is 0 Å². The summed E-state index contributed by atoms with van der Waals surface area (Å²) in [5, 5.41) is 11.7. The SMILES string of the molecule is CC1(C)c2ccccc2-c2nc3ccccc3c(-c3ccc(-c4ccc5cc(P(=O)(c6ccccc6)c6ccccc6)ccc5c4)cc3)c21.CC1(C)c2ccccc2-c2nc3ccccc3c(-c3ccc(-c4ccc5cc(P(=O)(c6ccccc6)c6ccccc6)ccc5n4)cc3)c21.CC1(C)c2ccccc2-c2nc3ccccc3c(-c3ccc(-c4cn5ccccc5n4)cc3)c21. The van der Waals surface area contributed by atoms with Crippen molar-refractivity contribution in [3.8, 4) is 101 Å². The molecular weight excluding hydrogens is 1640 g/mol. The molecular formula is C122H90N6O2P2. The number of rotatable bonds is 12. The van der Waals surface area contributed by atoms with Crippen LogP contribution in [0.2, 0.25) is 0 Å². The van der Waals surface area contributed by atoms with Gasteiger partial charge in [0.05, 0.1) is 50.5 Å². The van der Waals surface area contributed by atoms with Crippen LogP contribution in [0.5, 0.6) is 0 Å². The Morgan fingerprint density at radius 3 is 0.985 bits per heavy atom. The van der Waals surface area contributed by atoms with Crippen LogP contribution in [0.25, 0.3) is 161 Å². The largest absolute Gasteiger partial charge is 0.309 e. The van der Waals surface area contributed by atoms with Gasteiger partial charge >= 0.3 is 0 Å². The molecule has 132 heavy (non-hydrogen) atoms. The maximum absolute atomic E-state index is 15.0. The quantitative estimate of drug-likeness (QED) is 0.112. The van der Waals surface area contributed by atoms with Crippen molar-refractivity contribution in [3.63, 3.8) is 0 Å². The Balaban J connectivity index is 0.000000114. The summed E-state index contributed by atoms with van der Waals surface area (Å²) in [4.78, 5) is 25.4. The standard InChI is InChI=1S/C46H34NOP.C45H33N2OP.C31H23N3/c1-46(2)41-19-11-9-17-39(41)45-44(46)43(40-18-10-12-20-42(40)47-45)32-23-21-31(22-24-32)33-25-26-35-30-38(28-27-34(35)29-33)49(48,36-13-5-3-6-14-36)37-15-7-4-8-16-37;1-45(2)38-19-11-9-17-36(38)44-43(45)42(37-18-10-12-20-41(37)47-44)31-23-21-30(22-24-31)39-27-25-32-29-35(26-28-40(32)46-39)49(48,33-13-5-3-6-14-33)34-15-7-4-8-16-34;1-31(2)24-11-5-3-9-22(24)30-29(31)28(23-10-4-6-12-25(23)33-30)21-16-14-20(15-17-21)26-19-34-18-8-7-13-27(34)32-26/h3-30H,1-2H3;3-29H,1-2H3;3-19H,1-2H3. The number of hydrogen-bond acceptors (Lipinski definition) is 7. The topological polar surface area (TPSA) is 103 Å². The minimum Gasteiger partial charge on any atom is -0.309 e. The first-order valence-electron chi connectivity index (χ1n) is 45.2. The number of fused-ring (bicyclic) bond motifs is 15. The van der Waals surface area contributed by atoms with E-state index in [1.54, 1.807) is 0 Å². The van der Waals surface area contributed by atoms with Gasteiger partial charge in [-0.2, -0.15) is 0 Å².